The number of halogens is 1. The maximum Gasteiger partial charge on any atom is 0.195 e. The van der Waals surface area contributed by atoms with Gasteiger partial charge in [-0.1, -0.05) is 6.07 Å². The van der Waals surface area contributed by atoms with Crippen molar-refractivity contribution in [2.24, 2.45) is 7.05 Å². The van der Waals surface area contributed by atoms with Crippen LogP contribution in [0.2, 0.25) is 0 Å². The number of aliphatic hydroxyl groups excluding tert-OH is 1. The number of benzene rings is 1. The summed E-state index contributed by atoms with van der Waals surface area (Å²) in [5.74, 6) is 0.419. The first-order valence-electron chi connectivity index (χ1n) is 5.05. The highest BCUT2D eigenvalue weighted by Crippen LogP contribution is 2.28. The van der Waals surface area contributed by atoms with E-state index < -0.39 is 0 Å². The zero-order chi connectivity index (χ0) is 12.4. The van der Waals surface area contributed by atoms with Crippen LogP contribution < -0.4 is 0 Å². The van der Waals surface area contributed by atoms with Crippen molar-refractivity contribution in [3.05, 3.63) is 35.4 Å². The molecule has 1 aromatic carbocycles. The van der Waals surface area contributed by atoms with Crippen molar-refractivity contribution in [2.75, 3.05) is 0 Å². The van der Waals surface area contributed by atoms with Crippen LogP contribution in [0.4, 0.5) is 4.39 Å². The molecule has 0 saturated heterocycles. The molecule has 0 saturated carbocycles. The maximum absolute atomic E-state index is 13.7. The molecule has 0 radical (unpaired) electrons. The first kappa shape index (κ1) is 12.1. The van der Waals surface area contributed by atoms with Gasteiger partial charge in [-0.15, -0.1) is 10.2 Å². The molecule has 0 aliphatic carbocycles. The monoisotopic (exact) mass is 253 g/mol. The Kier molecular flexibility index (Phi) is 3.44. The minimum atomic E-state index is -0.359. The molecule has 0 unspecified atom stereocenters. The molecule has 0 atom stereocenters. The Morgan fingerprint density at radius 3 is 2.71 bits per heavy atom. The van der Waals surface area contributed by atoms with Crippen LogP contribution in [0.25, 0.3) is 0 Å². The fraction of sp³-hybridized carbons (Fsp3) is 0.273. The van der Waals surface area contributed by atoms with Gasteiger partial charge in [0.15, 0.2) is 5.16 Å². The number of aromatic nitrogens is 3. The van der Waals surface area contributed by atoms with E-state index in [0.717, 1.165) is 5.82 Å². The van der Waals surface area contributed by atoms with Crippen molar-refractivity contribution in [3.63, 3.8) is 0 Å². The van der Waals surface area contributed by atoms with Crippen LogP contribution >= 0.6 is 11.8 Å². The molecule has 17 heavy (non-hydrogen) atoms. The average molecular weight is 253 g/mol. The Morgan fingerprint density at radius 2 is 2.18 bits per heavy atom. The zero-order valence-corrected chi connectivity index (χ0v) is 10.3. The normalized spacial score (nSPS) is 10.8. The quantitative estimate of drug-likeness (QED) is 0.907. The van der Waals surface area contributed by atoms with Gasteiger partial charge < -0.3 is 9.67 Å². The highest BCUT2D eigenvalue weighted by Gasteiger charge is 2.10. The molecule has 2 aromatic rings. The van der Waals surface area contributed by atoms with E-state index in [0.29, 0.717) is 15.6 Å². The smallest absolute Gasteiger partial charge is 0.195 e. The predicted octanol–water partition coefficient (Wildman–Crippen LogP) is 1.91. The van der Waals surface area contributed by atoms with E-state index in [1.807, 2.05) is 14.0 Å². The topological polar surface area (TPSA) is 50.9 Å². The Labute approximate surface area is 102 Å². The van der Waals surface area contributed by atoms with Gasteiger partial charge in [0.2, 0.25) is 0 Å². The van der Waals surface area contributed by atoms with Gasteiger partial charge in [-0.05, 0) is 36.4 Å². The van der Waals surface area contributed by atoms with Crippen molar-refractivity contribution in [3.8, 4) is 0 Å². The third-order valence-corrected chi connectivity index (χ3v) is 3.52. The van der Waals surface area contributed by atoms with Gasteiger partial charge in [0.1, 0.15) is 11.6 Å². The van der Waals surface area contributed by atoms with E-state index >= 15 is 0 Å². The van der Waals surface area contributed by atoms with E-state index in [1.165, 1.54) is 17.8 Å². The molecular weight excluding hydrogens is 241 g/mol. The second kappa shape index (κ2) is 4.85. The van der Waals surface area contributed by atoms with Crippen molar-refractivity contribution in [1.29, 1.82) is 0 Å². The van der Waals surface area contributed by atoms with Gasteiger partial charge >= 0.3 is 0 Å². The largest absolute Gasteiger partial charge is 0.392 e. The van der Waals surface area contributed by atoms with Crippen LogP contribution in [-0.2, 0) is 13.7 Å². The lowest BCUT2D eigenvalue weighted by Gasteiger charge is -2.04. The van der Waals surface area contributed by atoms with Gasteiger partial charge in [-0.2, -0.15) is 0 Å². The van der Waals surface area contributed by atoms with Gasteiger partial charge in [-0.3, -0.25) is 0 Å². The van der Waals surface area contributed by atoms with Crippen molar-refractivity contribution in [1.82, 2.24) is 14.8 Å². The summed E-state index contributed by atoms with van der Waals surface area (Å²) in [5, 5.41) is 17.4. The minimum Gasteiger partial charge on any atom is -0.392 e. The Morgan fingerprint density at radius 1 is 1.41 bits per heavy atom. The summed E-state index contributed by atoms with van der Waals surface area (Å²) in [6.07, 6.45) is 0. The van der Waals surface area contributed by atoms with Gasteiger partial charge in [0, 0.05) is 7.05 Å². The summed E-state index contributed by atoms with van der Waals surface area (Å²) in [4.78, 5) is 0.470. The fourth-order valence-corrected chi connectivity index (χ4v) is 2.14. The third-order valence-electron chi connectivity index (χ3n) is 2.43. The summed E-state index contributed by atoms with van der Waals surface area (Å²) in [7, 11) is 1.83. The van der Waals surface area contributed by atoms with Gasteiger partial charge in [-0.25, -0.2) is 4.39 Å². The van der Waals surface area contributed by atoms with Gasteiger partial charge in [0.05, 0.1) is 11.5 Å². The molecule has 0 amide bonds. The highest BCUT2D eigenvalue weighted by molar-refractivity contribution is 7.99. The van der Waals surface area contributed by atoms with E-state index in [4.69, 9.17) is 5.11 Å². The molecule has 0 bridgehead atoms. The Hall–Kier alpha value is -1.40. The molecule has 4 nitrogen and oxygen atoms in total. The number of hydrogen-bond acceptors (Lipinski definition) is 4. The molecule has 2 rings (SSSR count). The van der Waals surface area contributed by atoms with E-state index in [1.54, 1.807) is 16.7 Å². The summed E-state index contributed by atoms with van der Waals surface area (Å²) in [5.41, 5.74) is 0.556. The van der Waals surface area contributed by atoms with Crippen molar-refractivity contribution < 1.29 is 9.50 Å². The van der Waals surface area contributed by atoms with E-state index in [9.17, 15) is 4.39 Å². The van der Waals surface area contributed by atoms with Crippen LogP contribution in [0.15, 0.2) is 28.3 Å². The molecule has 0 spiro atoms. The molecule has 0 fully saturated rings. The number of aryl methyl sites for hydroxylation is 1. The predicted molar refractivity (Wildman–Crippen MR) is 62.2 cm³/mol. The summed E-state index contributed by atoms with van der Waals surface area (Å²) in [6.45, 7) is 1.67. The SMILES string of the molecule is Cc1nnc(Sc2ccc(CO)cc2F)n1C. The molecule has 90 valence electrons. The number of rotatable bonds is 3. The number of aliphatic hydroxyl groups is 1. The van der Waals surface area contributed by atoms with Crippen LogP contribution in [0.1, 0.15) is 11.4 Å². The summed E-state index contributed by atoms with van der Waals surface area (Å²) < 4.78 is 15.5. The third kappa shape index (κ3) is 2.48. The first-order valence-corrected chi connectivity index (χ1v) is 5.86. The first-order chi connectivity index (χ1) is 8.11. The number of nitrogens with zero attached hydrogens (tertiary/aromatic N) is 3. The molecule has 6 heteroatoms. The standard InChI is InChI=1S/C11H12FN3OS/c1-7-13-14-11(15(7)2)17-10-4-3-8(6-16)5-9(10)12/h3-5,16H,6H2,1-2H3. The Balaban J connectivity index is 2.27. The lowest BCUT2D eigenvalue weighted by atomic mass is 10.2. The Bertz CT molecular complexity index is 542. The maximum atomic E-state index is 13.7. The average Bonchev–Trinajstić information content (AvgIpc) is 2.63. The van der Waals surface area contributed by atoms with Crippen LogP contribution in [0.3, 0.4) is 0 Å². The summed E-state index contributed by atoms with van der Waals surface area (Å²) in [6, 6.07) is 4.65. The van der Waals surface area contributed by atoms with E-state index in [2.05, 4.69) is 10.2 Å². The highest BCUT2D eigenvalue weighted by atomic mass is 32.2. The fourth-order valence-electron chi connectivity index (χ4n) is 1.30. The van der Waals surface area contributed by atoms with Crippen molar-refractivity contribution >= 4 is 11.8 Å². The minimum absolute atomic E-state index is 0.162. The molecule has 1 N–H and O–H groups in total. The zero-order valence-electron chi connectivity index (χ0n) is 9.51. The second-order valence-corrected chi connectivity index (χ2v) is 4.62. The lowest BCUT2D eigenvalue weighted by Crippen LogP contribution is -1.94. The molecular formula is C11H12FN3OS. The van der Waals surface area contributed by atoms with Crippen LogP contribution in [0, 0.1) is 12.7 Å². The molecule has 1 heterocycles. The van der Waals surface area contributed by atoms with Crippen LogP contribution in [-0.4, -0.2) is 19.9 Å². The molecule has 0 aliphatic rings. The second-order valence-electron chi connectivity index (χ2n) is 3.61. The molecule has 1 aromatic heterocycles. The number of hydrogen-bond donors (Lipinski definition) is 1. The van der Waals surface area contributed by atoms with Crippen molar-refractivity contribution in [2.45, 2.75) is 23.6 Å². The lowest BCUT2D eigenvalue weighted by molar-refractivity contribution is 0.281. The molecule has 0 aliphatic heterocycles. The van der Waals surface area contributed by atoms with E-state index in [-0.39, 0.29) is 12.4 Å². The van der Waals surface area contributed by atoms with Gasteiger partial charge in [0.25, 0.3) is 0 Å². The van der Waals surface area contributed by atoms with Crippen LogP contribution in [0.5, 0.6) is 0 Å². The summed E-state index contributed by atoms with van der Waals surface area (Å²) >= 11 is 1.21.